The van der Waals surface area contributed by atoms with E-state index in [1.165, 1.54) is 0 Å². The van der Waals surface area contributed by atoms with Gasteiger partial charge in [0.15, 0.2) is 0 Å². The number of thiol groups is 1. The first-order valence-electron chi connectivity index (χ1n) is 10.6. The number of carbonyl (C=O) groups is 5. The summed E-state index contributed by atoms with van der Waals surface area (Å²) < 4.78 is 0. The number of carbonyl (C=O) groups excluding carboxylic acids is 4. The number of hydrogen-bond donors (Lipinski definition) is 7. The van der Waals surface area contributed by atoms with E-state index in [1.54, 1.807) is 0 Å². The fourth-order valence-corrected chi connectivity index (χ4v) is 3.10. The van der Waals surface area contributed by atoms with Gasteiger partial charge in [-0.3, -0.25) is 19.2 Å². The molecule has 0 heterocycles. The van der Waals surface area contributed by atoms with Gasteiger partial charge in [-0.05, 0) is 31.1 Å². The first-order chi connectivity index (χ1) is 14.8. The Kier molecular flexibility index (Phi) is 13.6. The highest BCUT2D eigenvalue weighted by Gasteiger charge is 2.30. The van der Waals surface area contributed by atoms with Gasteiger partial charge in [0.05, 0.1) is 6.04 Å². The SMILES string of the molecule is CC(C)CC(NC(=O)C(CS)NC(=O)C(CC(C)C)NC(=O)C(N)CCC(N)=O)C(=O)O. The molecule has 0 aliphatic heterocycles. The van der Waals surface area contributed by atoms with E-state index in [9.17, 15) is 29.1 Å². The minimum atomic E-state index is -1.17. The number of carboxylic acids is 1. The van der Waals surface area contributed by atoms with E-state index in [1.807, 2.05) is 27.7 Å². The molecule has 8 N–H and O–H groups in total. The van der Waals surface area contributed by atoms with Crippen LogP contribution in [-0.2, 0) is 24.0 Å². The normalized spacial score (nSPS) is 14.9. The monoisotopic (exact) mass is 475 g/mol. The van der Waals surface area contributed by atoms with Gasteiger partial charge >= 0.3 is 5.97 Å². The zero-order valence-electron chi connectivity index (χ0n) is 19.1. The Hall–Kier alpha value is -2.34. The molecular weight excluding hydrogens is 438 g/mol. The zero-order valence-corrected chi connectivity index (χ0v) is 20.0. The number of primary amides is 1. The lowest BCUT2D eigenvalue weighted by Gasteiger charge is -2.25. The summed E-state index contributed by atoms with van der Waals surface area (Å²) in [5.41, 5.74) is 10.8. The third-order valence-corrected chi connectivity index (χ3v) is 4.88. The molecule has 4 amide bonds. The van der Waals surface area contributed by atoms with E-state index in [2.05, 4.69) is 28.6 Å². The van der Waals surface area contributed by atoms with Crippen LogP contribution >= 0.6 is 12.6 Å². The van der Waals surface area contributed by atoms with Crippen molar-refractivity contribution in [3.8, 4) is 0 Å². The Morgan fingerprint density at radius 3 is 1.69 bits per heavy atom. The molecule has 0 saturated heterocycles. The van der Waals surface area contributed by atoms with Gasteiger partial charge in [-0.2, -0.15) is 12.6 Å². The van der Waals surface area contributed by atoms with Crippen LogP contribution in [0.2, 0.25) is 0 Å². The van der Waals surface area contributed by atoms with Crippen molar-refractivity contribution in [1.29, 1.82) is 0 Å². The molecule has 11 nitrogen and oxygen atoms in total. The fraction of sp³-hybridized carbons (Fsp3) is 0.750. The average molecular weight is 476 g/mol. The molecule has 184 valence electrons. The van der Waals surface area contributed by atoms with Gasteiger partial charge in [0.25, 0.3) is 0 Å². The predicted molar refractivity (Wildman–Crippen MR) is 123 cm³/mol. The van der Waals surface area contributed by atoms with E-state index >= 15 is 0 Å². The van der Waals surface area contributed by atoms with Crippen molar-refractivity contribution in [3.63, 3.8) is 0 Å². The number of amides is 4. The molecule has 0 radical (unpaired) electrons. The maximum atomic E-state index is 12.8. The molecule has 0 aliphatic rings. The zero-order chi connectivity index (χ0) is 25.0. The highest BCUT2D eigenvalue weighted by Crippen LogP contribution is 2.08. The van der Waals surface area contributed by atoms with E-state index in [0.717, 1.165) is 0 Å². The summed E-state index contributed by atoms with van der Waals surface area (Å²) in [6.07, 6.45) is 0.458. The van der Waals surface area contributed by atoms with Gasteiger partial charge in [0, 0.05) is 12.2 Å². The van der Waals surface area contributed by atoms with Crippen molar-refractivity contribution in [2.45, 2.75) is 77.5 Å². The van der Waals surface area contributed by atoms with Crippen molar-refractivity contribution in [2.75, 3.05) is 5.75 Å². The first-order valence-corrected chi connectivity index (χ1v) is 11.2. The lowest BCUT2D eigenvalue weighted by Crippen LogP contribution is -2.58. The molecule has 0 rings (SSSR count). The summed E-state index contributed by atoms with van der Waals surface area (Å²) in [4.78, 5) is 60.0. The maximum absolute atomic E-state index is 12.8. The second-order valence-electron chi connectivity index (χ2n) is 8.57. The molecule has 4 atom stereocenters. The van der Waals surface area contributed by atoms with Gasteiger partial charge in [0.2, 0.25) is 23.6 Å². The molecule has 0 aromatic rings. The number of rotatable bonds is 15. The molecule has 0 aromatic heterocycles. The van der Waals surface area contributed by atoms with Gasteiger partial charge in [-0.25, -0.2) is 4.79 Å². The van der Waals surface area contributed by atoms with Crippen LogP contribution < -0.4 is 27.4 Å². The number of hydrogen-bond acceptors (Lipinski definition) is 7. The number of carboxylic acid groups (broad SMARTS) is 1. The predicted octanol–water partition coefficient (Wildman–Crippen LogP) is -0.860. The van der Waals surface area contributed by atoms with Crippen LogP contribution in [0, 0.1) is 11.8 Å². The van der Waals surface area contributed by atoms with Crippen molar-refractivity contribution in [3.05, 3.63) is 0 Å². The number of nitrogens with two attached hydrogens (primary N) is 2. The Labute approximate surface area is 194 Å². The molecule has 0 saturated carbocycles. The second kappa shape index (κ2) is 14.7. The van der Waals surface area contributed by atoms with Crippen molar-refractivity contribution < 1.29 is 29.1 Å². The van der Waals surface area contributed by atoms with Crippen LogP contribution in [0.25, 0.3) is 0 Å². The summed E-state index contributed by atoms with van der Waals surface area (Å²) in [7, 11) is 0. The van der Waals surface area contributed by atoms with Crippen LogP contribution in [-0.4, -0.2) is 64.6 Å². The molecular formula is C20H37N5O6S. The molecule has 32 heavy (non-hydrogen) atoms. The summed E-state index contributed by atoms with van der Waals surface area (Å²) in [5, 5.41) is 16.8. The van der Waals surface area contributed by atoms with Crippen molar-refractivity contribution in [2.24, 2.45) is 23.3 Å². The smallest absolute Gasteiger partial charge is 0.326 e. The molecule has 4 unspecified atom stereocenters. The first kappa shape index (κ1) is 29.7. The molecule has 0 aliphatic carbocycles. The Bertz CT molecular complexity index is 673. The standard InChI is InChI=1S/C20H37N5O6S/c1-10(2)7-13(23-17(27)12(21)5-6-16(22)26)18(28)25-15(9-32)19(29)24-14(20(30)31)8-11(3)4/h10-15,32H,5-9,21H2,1-4H3,(H2,22,26)(H,23,27)(H,24,29)(H,25,28)(H,30,31). The van der Waals surface area contributed by atoms with Crippen LogP contribution in [0.4, 0.5) is 0 Å². The van der Waals surface area contributed by atoms with E-state index < -0.39 is 53.8 Å². The lowest BCUT2D eigenvalue weighted by atomic mass is 10.0. The van der Waals surface area contributed by atoms with Crippen LogP contribution in [0.5, 0.6) is 0 Å². The van der Waals surface area contributed by atoms with Gasteiger partial charge < -0.3 is 32.5 Å². The quantitative estimate of drug-likeness (QED) is 0.150. The summed E-state index contributed by atoms with van der Waals surface area (Å²) in [6, 6.07) is -4.21. The van der Waals surface area contributed by atoms with Gasteiger partial charge in [-0.15, -0.1) is 0 Å². The van der Waals surface area contributed by atoms with E-state index in [-0.39, 0.29) is 43.3 Å². The molecule has 0 aromatic carbocycles. The number of aliphatic carboxylic acids is 1. The Morgan fingerprint density at radius 1 is 0.812 bits per heavy atom. The van der Waals surface area contributed by atoms with Crippen LogP contribution in [0.15, 0.2) is 0 Å². The average Bonchev–Trinajstić information content (AvgIpc) is 2.67. The Balaban J connectivity index is 5.22. The van der Waals surface area contributed by atoms with Gasteiger partial charge in [-0.1, -0.05) is 27.7 Å². The molecule has 12 heteroatoms. The third kappa shape index (κ3) is 11.9. The fourth-order valence-electron chi connectivity index (χ4n) is 2.84. The van der Waals surface area contributed by atoms with E-state index in [0.29, 0.717) is 0 Å². The largest absolute Gasteiger partial charge is 0.480 e. The minimum absolute atomic E-state index is 0.0265. The molecule has 0 spiro atoms. The highest BCUT2D eigenvalue weighted by molar-refractivity contribution is 7.80. The Morgan fingerprint density at radius 2 is 1.25 bits per heavy atom. The highest BCUT2D eigenvalue weighted by atomic mass is 32.1. The van der Waals surface area contributed by atoms with Gasteiger partial charge in [0.1, 0.15) is 18.1 Å². The molecule has 0 fully saturated rings. The second-order valence-corrected chi connectivity index (χ2v) is 8.94. The van der Waals surface area contributed by atoms with Crippen molar-refractivity contribution >= 4 is 42.2 Å². The van der Waals surface area contributed by atoms with Crippen LogP contribution in [0.3, 0.4) is 0 Å². The summed E-state index contributed by atoms with van der Waals surface area (Å²) >= 11 is 4.09. The summed E-state index contributed by atoms with van der Waals surface area (Å²) in [5.74, 6) is -3.72. The van der Waals surface area contributed by atoms with Crippen molar-refractivity contribution in [1.82, 2.24) is 16.0 Å². The minimum Gasteiger partial charge on any atom is -0.480 e. The molecule has 0 bridgehead atoms. The van der Waals surface area contributed by atoms with Crippen LogP contribution in [0.1, 0.15) is 53.4 Å². The lowest BCUT2D eigenvalue weighted by molar-refractivity contribution is -0.142. The number of nitrogens with one attached hydrogen (secondary N) is 3. The third-order valence-electron chi connectivity index (χ3n) is 4.52. The summed E-state index contributed by atoms with van der Waals surface area (Å²) in [6.45, 7) is 7.36. The maximum Gasteiger partial charge on any atom is 0.326 e. The van der Waals surface area contributed by atoms with E-state index in [4.69, 9.17) is 11.5 Å². The topological polar surface area (TPSA) is 194 Å².